The lowest BCUT2D eigenvalue weighted by Crippen LogP contribution is -1.79. The maximum Gasteiger partial charge on any atom is -0.000560 e. The van der Waals surface area contributed by atoms with Crippen LogP contribution in [0.5, 0.6) is 0 Å². The van der Waals surface area contributed by atoms with E-state index in [4.69, 9.17) is 0 Å². The van der Waals surface area contributed by atoms with Crippen LogP contribution in [-0.2, 0) is 0 Å². The second kappa shape index (κ2) is 8.36. The van der Waals surface area contributed by atoms with E-state index in [2.05, 4.69) is 121 Å². The third-order valence-corrected chi connectivity index (χ3v) is 12.5. The fourth-order valence-corrected chi connectivity index (χ4v) is 10.3. The fourth-order valence-electron chi connectivity index (χ4n) is 6.31. The lowest BCUT2D eigenvalue weighted by molar-refractivity contribution is 1.71. The molecule has 182 valence electrons. The van der Waals surface area contributed by atoms with E-state index in [1.54, 1.807) is 0 Å². The molecule has 0 saturated heterocycles. The van der Waals surface area contributed by atoms with Gasteiger partial charge in [-0.05, 0) is 134 Å². The number of benzene rings is 6. The first-order chi connectivity index (χ1) is 19.3. The predicted octanol–water partition coefficient (Wildman–Crippen LogP) is 12.0. The van der Waals surface area contributed by atoms with E-state index in [0.29, 0.717) is 0 Å². The highest BCUT2D eigenvalue weighted by Gasteiger charge is 2.11. The van der Waals surface area contributed by atoms with Crippen molar-refractivity contribution in [2.24, 2.45) is 0 Å². The molecule has 0 nitrogen and oxygen atoms in total. The van der Waals surface area contributed by atoms with Crippen molar-refractivity contribution in [3.63, 3.8) is 0 Å². The highest BCUT2D eigenvalue weighted by atomic mass is 31.0. The average Bonchev–Trinajstić information content (AvgIpc) is 3.66. The van der Waals surface area contributed by atoms with Crippen LogP contribution < -0.4 is 0 Å². The summed E-state index contributed by atoms with van der Waals surface area (Å²) in [6, 6.07) is 46.1. The van der Waals surface area contributed by atoms with Crippen LogP contribution in [0.25, 0.3) is 85.3 Å². The van der Waals surface area contributed by atoms with Crippen LogP contribution in [0.1, 0.15) is 0 Å². The highest BCUT2D eigenvalue weighted by Crippen LogP contribution is 2.44. The number of hydrogen-bond acceptors (Lipinski definition) is 0. The smallest absolute Gasteiger partial charge is 0.000560 e. The topological polar surface area (TPSA) is 0 Å². The summed E-state index contributed by atoms with van der Waals surface area (Å²) in [4.78, 5) is 0. The second-order valence-corrected chi connectivity index (χ2v) is 14.5. The Labute approximate surface area is 230 Å². The fraction of sp³-hybridized carbons (Fsp3) is 0. The number of hydrogen-bond donors (Lipinski definition) is 0. The van der Waals surface area contributed by atoms with Crippen molar-refractivity contribution in [1.82, 2.24) is 0 Å². The van der Waals surface area contributed by atoms with E-state index in [0.717, 1.165) is 24.6 Å². The van der Waals surface area contributed by atoms with Gasteiger partial charge in [0.15, 0.2) is 0 Å². The predicted molar refractivity (Wildman–Crippen MR) is 181 cm³/mol. The van der Waals surface area contributed by atoms with Gasteiger partial charge in [-0.1, -0.05) is 72.8 Å². The van der Waals surface area contributed by atoms with Crippen molar-refractivity contribution in [1.29, 1.82) is 0 Å². The molecule has 0 spiro atoms. The average molecular weight is 549 g/mol. The lowest BCUT2D eigenvalue weighted by Gasteiger charge is -2.06. The van der Waals surface area contributed by atoms with E-state index < -0.39 is 0 Å². The maximum atomic E-state index is 2.43. The van der Waals surface area contributed by atoms with Gasteiger partial charge >= 0.3 is 0 Å². The van der Waals surface area contributed by atoms with Crippen LogP contribution in [0, 0.1) is 0 Å². The van der Waals surface area contributed by atoms with Crippen molar-refractivity contribution in [3.8, 4) is 22.3 Å². The molecule has 2 unspecified atom stereocenters. The second-order valence-electron chi connectivity index (χ2n) is 10.5. The van der Waals surface area contributed by atoms with Crippen molar-refractivity contribution >= 4 is 87.6 Å². The summed E-state index contributed by atoms with van der Waals surface area (Å²) in [7, 11) is 2.25. The SMILES string of the molecule is c1ccc2c(c1)[pH]c1ccc(-c3ccc4[pH]c5ccc(-c6ccc7[pH]c8ccccc8c7c6)cc5c4c3)cc12. The molecule has 9 aromatic rings. The first kappa shape index (κ1) is 22.1. The standard InChI is InChI=1S/C36H23P3/c1-3-7-31-25(5-1)27-17-21(9-13-33(27)37-31)23-11-15-35-29(19-23)30-20-24(12-16-36(30)39-35)22-10-14-34-28(18-22)26-6-2-4-8-32(26)38-34/h1-20,37-39H. The Morgan fingerprint density at radius 2 is 0.538 bits per heavy atom. The number of rotatable bonds is 2. The minimum Gasteiger partial charge on any atom is -0.123 e. The summed E-state index contributed by atoms with van der Waals surface area (Å²) in [5.41, 5.74) is 5.23. The summed E-state index contributed by atoms with van der Waals surface area (Å²) in [5, 5.41) is 17.2. The van der Waals surface area contributed by atoms with Crippen molar-refractivity contribution < 1.29 is 0 Å². The maximum absolute atomic E-state index is 2.43. The van der Waals surface area contributed by atoms with Gasteiger partial charge in [-0.2, -0.15) is 0 Å². The van der Waals surface area contributed by atoms with E-state index in [9.17, 15) is 0 Å². The highest BCUT2D eigenvalue weighted by molar-refractivity contribution is 7.44. The van der Waals surface area contributed by atoms with Crippen LogP contribution in [0.4, 0.5) is 0 Å². The minimum absolute atomic E-state index is 0.724. The Hall–Kier alpha value is -3.78. The van der Waals surface area contributed by atoms with Crippen LogP contribution in [0.3, 0.4) is 0 Å². The van der Waals surface area contributed by atoms with Crippen LogP contribution >= 0.6 is 24.6 Å². The van der Waals surface area contributed by atoms with Gasteiger partial charge < -0.3 is 0 Å². The zero-order chi connectivity index (χ0) is 25.5. The molecule has 0 amide bonds. The lowest BCUT2D eigenvalue weighted by atomic mass is 9.98. The molecule has 2 atom stereocenters. The summed E-state index contributed by atoms with van der Waals surface area (Å²) in [6.07, 6.45) is 0. The minimum atomic E-state index is 0.724. The molecule has 39 heavy (non-hydrogen) atoms. The molecule has 0 N–H and O–H groups in total. The summed E-state index contributed by atoms with van der Waals surface area (Å²) >= 11 is 0. The molecule has 0 aliphatic rings. The molecule has 0 aliphatic carbocycles. The Morgan fingerprint density at radius 3 is 0.897 bits per heavy atom. The molecule has 3 heterocycles. The molecule has 0 fully saturated rings. The zero-order valence-electron chi connectivity index (χ0n) is 21.0. The Kier molecular flexibility index (Phi) is 4.73. The van der Waals surface area contributed by atoms with Gasteiger partial charge in [-0.3, -0.25) is 0 Å². The summed E-state index contributed by atoms with van der Waals surface area (Å²) in [6.45, 7) is 0. The van der Waals surface area contributed by atoms with E-state index in [-0.39, 0.29) is 0 Å². The molecule has 0 bridgehead atoms. The molecule has 0 saturated carbocycles. The molecule has 3 aromatic heterocycles. The number of fused-ring (bicyclic) bond motifs is 9. The van der Waals surface area contributed by atoms with Gasteiger partial charge in [0.1, 0.15) is 0 Å². The van der Waals surface area contributed by atoms with E-state index in [1.165, 1.54) is 85.3 Å². The molecule has 0 aliphatic heterocycles. The van der Waals surface area contributed by atoms with Crippen LogP contribution in [0.2, 0.25) is 0 Å². The molecule has 0 radical (unpaired) electrons. The Balaban J connectivity index is 1.20. The van der Waals surface area contributed by atoms with Gasteiger partial charge in [0.2, 0.25) is 0 Å². The first-order valence-corrected chi connectivity index (χ1v) is 16.4. The van der Waals surface area contributed by atoms with Gasteiger partial charge in [-0.15, -0.1) is 24.6 Å². The van der Waals surface area contributed by atoms with Crippen LogP contribution in [-0.4, -0.2) is 0 Å². The molecule has 3 heteroatoms. The molecular formula is C36H23P3. The monoisotopic (exact) mass is 548 g/mol. The Bertz CT molecular complexity index is 2230. The summed E-state index contributed by atoms with van der Waals surface area (Å²) in [5.74, 6) is 0. The van der Waals surface area contributed by atoms with E-state index >= 15 is 0 Å². The molecule has 6 aromatic carbocycles. The largest absolute Gasteiger partial charge is 0.123 e. The van der Waals surface area contributed by atoms with Crippen molar-refractivity contribution in [2.75, 3.05) is 0 Å². The third-order valence-electron chi connectivity index (χ3n) is 8.28. The van der Waals surface area contributed by atoms with Gasteiger partial charge in [0.25, 0.3) is 0 Å². The zero-order valence-corrected chi connectivity index (χ0v) is 24.0. The van der Waals surface area contributed by atoms with Gasteiger partial charge in [0.05, 0.1) is 0 Å². The van der Waals surface area contributed by atoms with Gasteiger partial charge in [0, 0.05) is 0 Å². The van der Waals surface area contributed by atoms with Crippen molar-refractivity contribution in [2.45, 2.75) is 0 Å². The normalized spacial score (nSPS) is 12.7. The first-order valence-electron chi connectivity index (χ1n) is 13.4. The van der Waals surface area contributed by atoms with Gasteiger partial charge in [-0.25, -0.2) is 0 Å². The molecular weight excluding hydrogens is 525 g/mol. The van der Waals surface area contributed by atoms with Crippen molar-refractivity contribution in [3.05, 3.63) is 121 Å². The van der Waals surface area contributed by atoms with E-state index in [1.807, 2.05) is 0 Å². The van der Waals surface area contributed by atoms with Crippen LogP contribution in [0.15, 0.2) is 121 Å². The Morgan fingerprint density at radius 1 is 0.256 bits per heavy atom. The third kappa shape index (κ3) is 3.40. The summed E-state index contributed by atoms with van der Waals surface area (Å²) < 4.78 is 0. The quantitative estimate of drug-likeness (QED) is 0.202. The molecule has 9 rings (SSSR count).